The molecule has 5 nitrogen and oxygen atoms in total. The van der Waals surface area contributed by atoms with Crippen LogP contribution in [0.4, 0.5) is 0 Å². The molecule has 4 rings (SSSR count). The molecule has 3 aromatic heterocycles. The molecule has 0 aliphatic heterocycles. The zero-order valence-electron chi connectivity index (χ0n) is 15.5. The van der Waals surface area contributed by atoms with Crippen LogP contribution in [0.5, 0.6) is 0 Å². The number of furan rings is 1. The molecule has 0 aliphatic carbocycles. The summed E-state index contributed by atoms with van der Waals surface area (Å²) in [5, 5.41) is 3.59. The molecule has 0 spiro atoms. The molecule has 3 heterocycles. The number of aromatic nitrogens is 2. The number of hydrogen-bond acceptors (Lipinski definition) is 3. The molecule has 0 bridgehead atoms. The summed E-state index contributed by atoms with van der Waals surface area (Å²) in [7, 11) is 0. The summed E-state index contributed by atoms with van der Waals surface area (Å²) in [4.78, 5) is 17.1. The number of aryl methyl sites for hydroxylation is 2. The van der Waals surface area contributed by atoms with Gasteiger partial charge in [0.15, 0.2) is 0 Å². The van der Waals surface area contributed by atoms with Gasteiger partial charge in [-0.05, 0) is 49.7 Å². The summed E-state index contributed by atoms with van der Waals surface area (Å²) in [5.41, 5.74) is 3.71. The number of carbonyl (C=O) groups excluding carboxylic acids is 1. The van der Waals surface area contributed by atoms with Gasteiger partial charge in [-0.3, -0.25) is 4.79 Å². The monoisotopic (exact) mass is 393 g/mol. The Labute approximate surface area is 168 Å². The third-order valence-electron chi connectivity index (χ3n) is 4.59. The average Bonchev–Trinajstić information content (AvgIpc) is 3.28. The first-order chi connectivity index (χ1) is 13.6. The lowest BCUT2D eigenvalue weighted by Crippen LogP contribution is -2.23. The molecule has 1 N–H and O–H groups in total. The molecular weight excluding hydrogens is 374 g/mol. The van der Waals surface area contributed by atoms with Crippen LogP contribution in [0, 0.1) is 6.92 Å². The zero-order valence-corrected chi connectivity index (χ0v) is 16.2. The van der Waals surface area contributed by atoms with Crippen molar-refractivity contribution in [2.24, 2.45) is 0 Å². The minimum atomic E-state index is -0.0259. The molecule has 142 valence electrons. The number of nitrogens with zero attached hydrogens (tertiary/aromatic N) is 2. The number of benzene rings is 1. The number of hydrogen-bond donors (Lipinski definition) is 1. The van der Waals surface area contributed by atoms with E-state index >= 15 is 0 Å². The fourth-order valence-corrected chi connectivity index (χ4v) is 3.34. The molecule has 4 aromatic rings. The maximum atomic E-state index is 12.3. The van der Waals surface area contributed by atoms with Crippen molar-refractivity contribution < 1.29 is 9.21 Å². The molecule has 0 aliphatic rings. The van der Waals surface area contributed by atoms with E-state index < -0.39 is 0 Å². The van der Waals surface area contributed by atoms with Crippen LogP contribution in [0.15, 0.2) is 65.2 Å². The number of imidazole rings is 1. The van der Waals surface area contributed by atoms with E-state index in [9.17, 15) is 4.79 Å². The molecule has 0 unspecified atom stereocenters. The van der Waals surface area contributed by atoms with E-state index in [2.05, 4.69) is 5.32 Å². The minimum Gasteiger partial charge on any atom is -0.465 e. The molecule has 0 radical (unpaired) electrons. The van der Waals surface area contributed by atoms with Crippen LogP contribution in [0.3, 0.4) is 0 Å². The number of amides is 1. The van der Waals surface area contributed by atoms with E-state index in [0.717, 1.165) is 34.1 Å². The van der Waals surface area contributed by atoms with Gasteiger partial charge in [0, 0.05) is 23.2 Å². The normalized spacial score (nSPS) is 11.1. The van der Waals surface area contributed by atoms with E-state index in [-0.39, 0.29) is 5.91 Å². The first-order valence-electron chi connectivity index (χ1n) is 9.14. The highest BCUT2D eigenvalue weighted by molar-refractivity contribution is 6.30. The van der Waals surface area contributed by atoms with Crippen LogP contribution < -0.4 is 5.32 Å². The van der Waals surface area contributed by atoms with E-state index in [1.165, 1.54) is 0 Å². The molecule has 0 atom stereocenters. The number of pyridine rings is 1. The first kappa shape index (κ1) is 18.3. The van der Waals surface area contributed by atoms with Gasteiger partial charge < -0.3 is 14.1 Å². The van der Waals surface area contributed by atoms with Crippen molar-refractivity contribution in [1.29, 1.82) is 0 Å². The van der Waals surface area contributed by atoms with Gasteiger partial charge in [-0.1, -0.05) is 29.8 Å². The lowest BCUT2D eigenvalue weighted by Gasteiger charge is -2.07. The van der Waals surface area contributed by atoms with Crippen molar-refractivity contribution in [1.82, 2.24) is 14.7 Å². The van der Waals surface area contributed by atoms with Crippen molar-refractivity contribution in [2.75, 3.05) is 0 Å². The quantitative estimate of drug-likeness (QED) is 0.511. The van der Waals surface area contributed by atoms with Crippen LogP contribution >= 0.6 is 11.6 Å². The summed E-state index contributed by atoms with van der Waals surface area (Å²) < 4.78 is 7.52. The van der Waals surface area contributed by atoms with Crippen LogP contribution in [0.1, 0.15) is 23.6 Å². The predicted molar refractivity (Wildman–Crippen MR) is 109 cm³/mol. The lowest BCUT2D eigenvalue weighted by molar-refractivity contribution is -0.121. The third-order valence-corrected chi connectivity index (χ3v) is 4.84. The Morgan fingerprint density at radius 1 is 1.14 bits per heavy atom. The Morgan fingerprint density at radius 2 is 1.96 bits per heavy atom. The topological polar surface area (TPSA) is 59.5 Å². The highest BCUT2D eigenvalue weighted by Gasteiger charge is 2.15. The number of halogens is 1. The van der Waals surface area contributed by atoms with Gasteiger partial charge in [-0.25, -0.2) is 4.98 Å². The van der Waals surface area contributed by atoms with Crippen molar-refractivity contribution in [3.8, 4) is 11.3 Å². The first-order valence-corrected chi connectivity index (χ1v) is 9.52. The Hall–Kier alpha value is -3.05. The summed E-state index contributed by atoms with van der Waals surface area (Å²) in [6.07, 6.45) is 2.91. The molecule has 1 aromatic carbocycles. The summed E-state index contributed by atoms with van der Waals surface area (Å²) >= 11 is 6.02. The van der Waals surface area contributed by atoms with Gasteiger partial charge in [0.25, 0.3) is 0 Å². The fourth-order valence-electron chi connectivity index (χ4n) is 3.21. The molecule has 0 saturated heterocycles. The smallest absolute Gasteiger partial charge is 0.220 e. The molecular formula is C22H20ClN3O2. The lowest BCUT2D eigenvalue weighted by atomic mass is 10.1. The Balaban J connectivity index is 1.53. The highest BCUT2D eigenvalue weighted by atomic mass is 35.5. The third kappa shape index (κ3) is 3.94. The van der Waals surface area contributed by atoms with Crippen LogP contribution in [-0.2, 0) is 17.8 Å². The number of fused-ring (bicyclic) bond motifs is 1. The Morgan fingerprint density at radius 3 is 2.71 bits per heavy atom. The van der Waals surface area contributed by atoms with Gasteiger partial charge in [-0.15, -0.1) is 0 Å². The van der Waals surface area contributed by atoms with Crippen molar-refractivity contribution in [3.63, 3.8) is 0 Å². The number of nitrogens with one attached hydrogen (secondary N) is 1. The molecule has 28 heavy (non-hydrogen) atoms. The van der Waals surface area contributed by atoms with E-state index in [0.29, 0.717) is 24.4 Å². The summed E-state index contributed by atoms with van der Waals surface area (Å²) in [6.45, 7) is 2.28. The van der Waals surface area contributed by atoms with Crippen LogP contribution in [0.2, 0.25) is 5.02 Å². The summed E-state index contributed by atoms with van der Waals surface area (Å²) in [6, 6.07) is 17.2. The van der Waals surface area contributed by atoms with E-state index in [1.54, 1.807) is 0 Å². The SMILES string of the molecule is Cc1ccc(CNC(=O)CCc2c(-c3ccc(Cl)cc3)nc3ccccn23)o1. The zero-order chi connectivity index (χ0) is 19.5. The minimum absolute atomic E-state index is 0.0259. The fraction of sp³-hybridized carbons (Fsp3) is 0.182. The second-order valence-electron chi connectivity index (χ2n) is 6.63. The Bertz CT molecular complexity index is 1110. The average molecular weight is 394 g/mol. The highest BCUT2D eigenvalue weighted by Crippen LogP contribution is 2.26. The second-order valence-corrected chi connectivity index (χ2v) is 7.07. The second kappa shape index (κ2) is 7.90. The predicted octanol–water partition coefficient (Wildman–Crippen LogP) is 4.81. The Kier molecular flexibility index (Phi) is 5.17. The van der Waals surface area contributed by atoms with Crippen molar-refractivity contribution in [2.45, 2.75) is 26.3 Å². The van der Waals surface area contributed by atoms with Gasteiger partial charge in [0.05, 0.1) is 17.9 Å². The molecule has 6 heteroatoms. The summed E-state index contributed by atoms with van der Waals surface area (Å²) in [5.74, 6) is 1.56. The molecule has 0 saturated carbocycles. The van der Waals surface area contributed by atoms with Gasteiger partial charge in [0.1, 0.15) is 17.2 Å². The maximum Gasteiger partial charge on any atom is 0.220 e. The van der Waals surface area contributed by atoms with E-state index in [4.69, 9.17) is 21.0 Å². The number of carbonyl (C=O) groups is 1. The van der Waals surface area contributed by atoms with E-state index in [1.807, 2.05) is 72.1 Å². The van der Waals surface area contributed by atoms with Gasteiger partial charge in [-0.2, -0.15) is 0 Å². The van der Waals surface area contributed by atoms with Crippen LogP contribution in [-0.4, -0.2) is 15.3 Å². The van der Waals surface area contributed by atoms with Gasteiger partial charge >= 0.3 is 0 Å². The van der Waals surface area contributed by atoms with Crippen molar-refractivity contribution >= 4 is 23.2 Å². The largest absolute Gasteiger partial charge is 0.465 e. The number of rotatable bonds is 6. The van der Waals surface area contributed by atoms with Crippen molar-refractivity contribution in [3.05, 3.63) is 83.0 Å². The van der Waals surface area contributed by atoms with Crippen LogP contribution in [0.25, 0.3) is 16.9 Å². The standard InChI is InChI=1S/C22H20ClN3O2/c1-15-5-10-18(28-15)14-24-21(27)12-11-19-22(16-6-8-17(23)9-7-16)25-20-4-2-3-13-26(19)20/h2-10,13H,11-12,14H2,1H3,(H,24,27). The van der Waals surface area contributed by atoms with Gasteiger partial charge in [0.2, 0.25) is 5.91 Å². The molecule has 1 amide bonds. The maximum absolute atomic E-state index is 12.3. The molecule has 0 fully saturated rings.